The van der Waals surface area contributed by atoms with Gasteiger partial charge in [-0.2, -0.15) is 0 Å². The summed E-state index contributed by atoms with van der Waals surface area (Å²) in [5.41, 5.74) is 2.76. The molecule has 88 valence electrons. The van der Waals surface area contributed by atoms with Gasteiger partial charge < -0.3 is 10.1 Å². The van der Waals surface area contributed by atoms with Gasteiger partial charge in [-0.15, -0.1) is 11.3 Å². The minimum atomic E-state index is 0.352. The monoisotopic (exact) mass is 237 g/mol. The Labute approximate surface area is 101 Å². The predicted molar refractivity (Wildman–Crippen MR) is 68.7 cm³/mol. The van der Waals surface area contributed by atoms with Gasteiger partial charge in [-0.1, -0.05) is 6.92 Å². The van der Waals surface area contributed by atoms with Gasteiger partial charge in [-0.3, -0.25) is 0 Å². The standard InChI is InChI=1S/C13H19NOS/c1-3-14-12(11-5-4-7-15-9-11)13-10(2)6-8-16-13/h6,8-9,12,14H,3-5,7H2,1-2H3. The van der Waals surface area contributed by atoms with E-state index in [1.165, 1.54) is 16.0 Å². The van der Waals surface area contributed by atoms with Crippen LogP contribution in [0.5, 0.6) is 0 Å². The molecule has 1 aromatic heterocycles. The zero-order chi connectivity index (χ0) is 11.4. The molecule has 0 fully saturated rings. The summed E-state index contributed by atoms with van der Waals surface area (Å²) in [6.07, 6.45) is 4.24. The van der Waals surface area contributed by atoms with Gasteiger partial charge in [0.25, 0.3) is 0 Å². The summed E-state index contributed by atoms with van der Waals surface area (Å²) in [4.78, 5) is 1.43. The van der Waals surface area contributed by atoms with Crippen molar-refractivity contribution < 1.29 is 4.74 Å². The van der Waals surface area contributed by atoms with E-state index in [1.54, 1.807) is 0 Å². The lowest BCUT2D eigenvalue weighted by molar-refractivity contribution is 0.219. The van der Waals surface area contributed by atoms with E-state index >= 15 is 0 Å². The second-order valence-electron chi connectivity index (χ2n) is 4.13. The molecule has 1 aliphatic heterocycles. The molecule has 0 aromatic carbocycles. The molecule has 1 N–H and O–H groups in total. The third kappa shape index (κ3) is 2.47. The van der Waals surface area contributed by atoms with Crippen molar-refractivity contribution in [1.82, 2.24) is 5.32 Å². The molecular weight excluding hydrogens is 218 g/mol. The van der Waals surface area contributed by atoms with Crippen LogP contribution >= 0.6 is 11.3 Å². The average molecular weight is 237 g/mol. The predicted octanol–water partition coefficient (Wildman–Crippen LogP) is 3.40. The van der Waals surface area contributed by atoms with Gasteiger partial charge in [-0.05, 0) is 48.9 Å². The fraction of sp³-hybridized carbons (Fsp3) is 0.538. The molecule has 0 saturated heterocycles. The van der Waals surface area contributed by atoms with Crippen molar-refractivity contribution in [2.75, 3.05) is 13.2 Å². The third-order valence-corrected chi connectivity index (χ3v) is 3.99. The summed E-state index contributed by atoms with van der Waals surface area (Å²) in [6, 6.07) is 2.54. The Morgan fingerprint density at radius 3 is 3.00 bits per heavy atom. The van der Waals surface area contributed by atoms with Crippen LogP contribution in [0, 0.1) is 6.92 Å². The van der Waals surface area contributed by atoms with Crippen LogP contribution in [-0.2, 0) is 4.74 Å². The zero-order valence-corrected chi connectivity index (χ0v) is 10.8. The van der Waals surface area contributed by atoms with Crippen LogP contribution in [0.2, 0.25) is 0 Å². The molecule has 0 bridgehead atoms. The molecule has 2 rings (SSSR count). The van der Waals surface area contributed by atoms with E-state index in [4.69, 9.17) is 4.74 Å². The van der Waals surface area contributed by atoms with Gasteiger partial charge in [0.1, 0.15) is 0 Å². The number of hydrogen-bond donors (Lipinski definition) is 1. The Bertz CT molecular complexity index is 370. The van der Waals surface area contributed by atoms with Crippen molar-refractivity contribution >= 4 is 11.3 Å². The van der Waals surface area contributed by atoms with Gasteiger partial charge in [0.05, 0.1) is 18.9 Å². The lowest BCUT2D eigenvalue weighted by atomic mass is 9.99. The van der Waals surface area contributed by atoms with Gasteiger partial charge in [-0.25, -0.2) is 0 Å². The van der Waals surface area contributed by atoms with Crippen molar-refractivity contribution in [3.8, 4) is 0 Å². The molecule has 1 aliphatic rings. The summed E-state index contributed by atoms with van der Waals surface area (Å²) in [5.74, 6) is 0. The summed E-state index contributed by atoms with van der Waals surface area (Å²) in [5, 5.41) is 5.72. The van der Waals surface area contributed by atoms with E-state index < -0.39 is 0 Å². The van der Waals surface area contributed by atoms with Crippen molar-refractivity contribution in [1.29, 1.82) is 0 Å². The van der Waals surface area contributed by atoms with Gasteiger partial charge in [0.2, 0.25) is 0 Å². The number of likely N-dealkylation sites (N-methyl/N-ethyl adjacent to an activating group) is 1. The Morgan fingerprint density at radius 1 is 1.56 bits per heavy atom. The second kappa shape index (κ2) is 5.51. The molecule has 1 unspecified atom stereocenters. The molecule has 0 aliphatic carbocycles. The normalized spacial score (nSPS) is 17.8. The van der Waals surface area contributed by atoms with Crippen LogP contribution in [0.3, 0.4) is 0 Å². The molecule has 16 heavy (non-hydrogen) atoms. The summed E-state index contributed by atoms with van der Waals surface area (Å²) in [7, 11) is 0. The lowest BCUT2D eigenvalue weighted by Crippen LogP contribution is -2.24. The Morgan fingerprint density at radius 2 is 2.44 bits per heavy atom. The first-order chi connectivity index (χ1) is 7.83. The van der Waals surface area contributed by atoms with E-state index in [-0.39, 0.29) is 0 Å². The number of thiophene rings is 1. The first-order valence-electron chi connectivity index (χ1n) is 5.91. The molecule has 2 nitrogen and oxygen atoms in total. The van der Waals surface area contributed by atoms with Gasteiger partial charge in [0.15, 0.2) is 0 Å². The molecule has 3 heteroatoms. The van der Waals surface area contributed by atoms with E-state index in [0.717, 1.165) is 26.0 Å². The topological polar surface area (TPSA) is 21.3 Å². The molecule has 0 radical (unpaired) electrons. The van der Waals surface area contributed by atoms with Crippen LogP contribution < -0.4 is 5.32 Å². The quantitative estimate of drug-likeness (QED) is 0.866. The van der Waals surface area contributed by atoms with Crippen LogP contribution in [0.1, 0.15) is 36.2 Å². The number of aryl methyl sites for hydroxylation is 1. The smallest absolute Gasteiger partial charge is 0.0876 e. The fourth-order valence-corrected chi connectivity index (χ4v) is 3.12. The highest BCUT2D eigenvalue weighted by atomic mass is 32.1. The van der Waals surface area contributed by atoms with Crippen molar-refractivity contribution in [3.63, 3.8) is 0 Å². The minimum absolute atomic E-state index is 0.352. The SMILES string of the molecule is CCNC(C1=COCCC1)c1sccc1C. The molecular formula is C13H19NOS. The van der Waals surface area contributed by atoms with Crippen molar-refractivity contribution in [3.05, 3.63) is 33.7 Å². The minimum Gasteiger partial charge on any atom is -0.501 e. The lowest BCUT2D eigenvalue weighted by Gasteiger charge is -2.23. The molecule has 0 spiro atoms. The summed E-state index contributed by atoms with van der Waals surface area (Å²) in [6.45, 7) is 6.19. The van der Waals surface area contributed by atoms with Gasteiger partial charge >= 0.3 is 0 Å². The first kappa shape index (κ1) is 11.7. The highest BCUT2D eigenvalue weighted by molar-refractivity contribution is 7.10. The highest BCUT2D eigenvalue weighted by Gasteiger charge is 2.20. The van der Waals surface area contributed by atoms with E-state index in [1.807, 2.05) is 17.6 Å². The maximum Gasteiger partial charge on any atom is 0.0876 e. The Balaban J connectivity index is 2.23. The zero-order valence-electron chi connectivity index (χ0n) is 9.95. The maximum absolute atomic E-state index is 5.45. The molecule has 2 heterocycles. The Hall–Kier alpha value is -0.800. The van der Waals surface area contributed by atoms with E-state index in [0.29, 0.717) is 6.04 Å². The maximum atomic E-state index is 5.45. The fourth-order valence-electron chi connectivity index (χ4n) is 2.07. The largest absolute Gasteiger partial charge is 0.501 e. The number of nitrogens with one attached hydrogen (secondary N) is 1. The van der Waals surface area contributed by atoms with E-state index in [2.05, 4.69) is 30.6 Å². The third-order valence-electron chi connectivity index (χ3n) is 2.91. The average Bonchev–Trinajstić information content (AvgIpc) is 2.73. The van der Waals surface area contributed by atoms with Crippen LogP contribution in [0.4, 0.5) is 0 Å². The summed E-state index contributed by atoms with van der Waals surface area (Å²) < 4.78 is 5.45. The van der Waals surface area contributed by atoms with Crippen LogP contribution in [0.15, 0.2) is 23.3 Å². The molecule has 0 amide bonds. The number of rotatable bonds is 4. The first-order valence-corrected chi connectivity index (χ1v) is 6.78. The van der Waals surface area contributed by atoms with Crippen LogP contribution in [-0.4, -0.2) is 13.2 Å². The molecule has 0 saturated carbocycles. The van der Waals surface area contributed by atoms with Crippen molar-refractivity contribution in [2.24, 2.45) is 0 Å². The van der Waals surface area contributed by atoms with Crippen LogP contribution in [0.25, 0.3) is 0 Å². The number of hydrogen-bond acceptors (Lipinski definition) is 3. The molecule has 1 atom stereocenters. The number of ether oxygens (including phenoxy) is 1. The summed E-state index contributed by atoms with van der Waals surface area (Å²) >= 11 is 1.83. The molecule has 1 aromatic rings. The highest BCUT2D eigenvalue weighted by Crippen LogP contribution is 2.32. The van der Waals surface area contributed by atoms with Gasteiger partial charge in [0, 0.05) is 4.88 Å². The second-order valence-corrected chi connectivity index (χ2v) is 5.07. The van der Waals surface area contributed by atoms with Crippen molar-refractivity contribution in [2.45, 2.75) is 32.7 Å². The Kier molecular flexibility index (Phi) is 4.02. The van der Waals surface area contributed by atoms with E-state index in [9.17, 15) is 0 Å².